The van der Waals surface area contributed by atoms with Crippen LogP contribution in [0.25, 0.3) is 0 Å². The Morgan fingerprint density at radius 3 is 2.56 bits per heavy atom. The molecule has 1 aromatic rings. The normalized spacial score (nSPS) is 17.7. The molecule has 0 radical (unpaired) electrons. The van der Waals surface area contributed by atoms with Gasteiger partial charge >= 0.3 is 0 Å². The van der Waals surface area contributed by atoms with E-state index >= 15 is 0 Å². The largest absolute Gasteiger partial charge is 0.365 e. The highest BCUT2D eigenvalue weighted by Crippen LogP contribution is 2.38. The number of rotatable bonds is 6. The van der Waals surface area contributed by atoms with E-state index in [-0.39, 0.29) is 30.3 Å². The van der Waals surface area contributed by atoms with Crippen molar-refractivity contribution >= 4 is 34.1 Å². The molecule has 0 spiro atoms. The van der Waals surface area contributed by atoms with Gasteiger partial charge in [0.25, 0.3) is 5.91 Å². The third-order valence-electron chi connectivity index (χ3n) is 5.18. The zero-order valence-corrected chi connectivity index (χ0v) is 16.8. The van der Waals surface area contributed by atoms with Gasteiger partial charge in [0.05, 0.1) is 12.1 Å². The quantitative estimate of drug-likeness (QED) is 0.682. The summed E-state index contributed by atoms with van der Waals surface area (Å²) in [4.78, 5) is 39.6. The van der Waals surface area contributed by atoms with E-state index in [0.29, 0.717) is 23.7 Å². The van der Waals surface area contributed by atoms with Crippen molar-refractivity contribution in [1.82, 2.24) is 10.2 Å². The summed E-state index contributed by atoms with van der Waals surface area (Å²) in [5.41, 5.74) is 7.04. The fourth-order valence-corrected chi connectivity index (χ4v) is 5.19. The molecule has 0 unspecified atom stereocenters. The van der Waals surface area contributed by atoms with Crippen LogP contribution >= 0.6 is 11.3 Å². The molecular formula is C19H28N4O3S. The average molecular weight is 393 g/mol. The van der Waals surface area contributed by atoms with E-state index in [9.17, 15) is 14.4 Å². The first-order valence-electron chi connectivity index (χ1n) is 9.62. The number of fused-ring (bicyclic) bond motifs is 1. The molecule has 3 amide bonds. The van der Waals surface area contributed by atoms with Crippen molar-refractivity contribution in [3.05, 3.63) is 16.0 Å². The van der Waals surface area contributed by atoms with Crippen LogP contribution in [-0.2, 0) is 22.4 Å². The zero-order chi connectivity index (χ0) is 19.6. The van der Waals surface area contributed by atoms with E-state index in [1.807, 2.05) is 13.8 Å². The Hall–Kier alpha value is -1.93. The third kappa shape index (κ3) is 4.68. The van der Waals surface area contributed by atoms with Crippen LogP contribution in [0, 0.1) is 5.92 Å². The summed E-state index contributed by atoms with van der Waals surface area (Å²) in [5.74, 6) is -0.481. The lowest BCUT2D eigenvalue weighted by atomic mass is 9.95. The first-order valence-corrected chi connectivity index (χ1v) is 10.4. The van der Waals surface area contributed by atoms with E-state index in [1.54, 1.807) is 0 Å². The van der Waals surface area contributed by atoms with Gasteiger partial charge in [0, 0.05) is 16.8 Å². The lowest BCUT2D eigenvalue weighted by Gasteiger charge is -2.31. The van der Waals surface area contributed by atoms with Crippen molar-refractivity contribution in [1.29, 1.82) is 0 Å². The lowest BCUT2D eigenvalue weighted by molar-refractivity contribution is -0.127. The number of aryl methyl sites for hydroxylation is 1. The van der Waals surface area contributed by atoms with E-state index in [0.717, 1.165) is 42.5 Å². The molecule has 1 aliphatic heterocycles. The first-order chi connectivity index (χ1) is 12.8. The van der Waals surface area contributed by atoms with Crippen molar-refractivity contribution in [2.45, 2.75) is 52.0 Å². The molecule has 0 saturated carbocycles. The topological polar surface area (TPSA) is 105 Å². The molecular weight excluding hydrogens is 364 g/mol. The van der Waals surface area contributed by atoms with Crippen LogP contribution < -0.4 is 16.4 Å². The fourth-order valence-electron chi connectivity index (χ4n) is 3.88. The summed E-state index contributed by atoms with van der Waals surface area (Å²) in [7, 11) is 0. The number of amides is 3. The van der Waals surface area contributed by atoms with Gasteiger partial charge in [0.2, 0.25) is 11.8 Å². The average Bonchev–Trinajstić information content (AvgIpc) is 3.14. The van der Waals surface area contributed by atoms with E-state index < -0.39 is 5.91 Å². The van der Waals surface area contributed by atoms with Crippen LogP contribution in [0.5, 0.6) is 0 Å². The van der Waals surface area contributed by atoms with Crippen LogP contribution in [0.1, 0.15) is 53.9 Å². The van der Waals surface area contributed by atoms with Crippen molar-refractivity contribution in [3.63, 3.8) is 0 Å². The van der Waals surface area contributed by atoms with Crippen molar-refractivity contribution in [2.75, 3.05) is 25.0 Å². The summed E-state index contributed by atoms with van der Waals surface area (Å²) in [5, 5.41) is 6.43. The predicted octanol–water partition coefficient (Wildman–Crippen LogP) is 1.51. The molecule has 8 heteroatoms. The first kappa shape index (κ1) is 19.8. The second-order valence-electron chi connectivity index (χ2n) is 7.69. The molecule has 0 atom stereocenters. The van der Waals surface area contributed by atoms with Gasteiger partial charge in [-0.2, -0.15) is 0 Å². The van der Waals surface area contributed by atoms with Crippen molar-refractivity contribution in [3.8, 4) is 0 Å². The number of hydrogen-bond donors (Lipinski definition) is 3. The Morgan fingerprint density at radius 1 is 1.22 bits per heavy atom. The zero-order valence-electron chi connectivity index (χ0n) is 16.0. The third-order valence-corrected chi connectivity index (χ3v) is 6.38. The second kappa shape index (κ2) is 8.39. The van der Waals surface area contributed by atoms with E-state index in [2.05, 4.69) is 15.5 Å². The SMILES string of the molecule is CC(C)NC(=O)C1CCN(CC(=O)Nc2sc3c(c2C(N)=O)CCC3)CC1. The van der Waals surface area contributed by atoms with Gasteiger partial charge in [-0.25, -0.2) is 0 Å². The van der Waals surface area contributed by atoms with Crippen molar-refractivity contribution < 1.29 is 14.4 Å². The van der Waals surface area contributed by atoms with Crippen LogP contribution in [0.3, 0.4) is 0 Å². The number of thiophene rings is 1. The number of nitrogens with one attached hydrogen (secondary N) is 2. The predicted molar refractivity (Wildman–Crippen MR) is 106 cm³/mol. The van der Waals surface area contributed by atoms with Gasteiger partial charge in [0.15, 0.2) is 0 Å². The molecule has 148 valence electrons. The Kier molecular flexibility index (Phi) is 6.16. The summed E-state index contributed by atoms with van der Waals surface area (Å²) in [6.07, 6.45) is 4.35. The smallest absolute Gasteiger partial charge is 0.251 e. The summed E-state index contributed by atoms with van der Waals surface area (Å²) >= 11 is 1.47. The number of hydrogen-bond acceptors (Lipinski definition) is 5. The maximum absolute atomic E-state index is 12.5. The highest BCUT2D eigenvalue weighted by molar-refractivity contribution is 7.17. The molecule has 1 saturated heterocycles. The highest BCUT2D eigenvalue weighted by atomic mass is 32.1. The maximum atomic E-state index is 12.5. The standard InChI is InChI=1S/C19H28N4O3S/c1-11(2)21-18(26)12-6-8-23(9-7-12)10-15(24)22-19-16(17(20)25)13-4-3-5-14(13)27-19/h11-12H,3-10H2,1-2H3,(H2,20,25)(H,21,26)(H,22,24). The molecule has 1 fully saturated rings. The number of carbonyl (C=O) groups is 3. The van der Waals surface area contributed by atoms with Crippen LogP contribution in [0.2, 0.25) is 0 Å². The monoisotopic (exact) mass is 392 g/mol. The molecule has 2 heterocycles. The molecule has 0 bridgehead atoms. The van der Waals surface area contributed by atoms with Gasteiger partial charge in [-0.1, -0.05) is 0 Å². The van der Waals surface area contributed by atoms with Crippen molar-refractivity contribution in [2.24, 2.45) is 11.7 Å². The molecule has 7 nitrogen and oxygen atoms in total. The van der Waals surface area contributed by atoms with E-state index in [1.165, 1.54) is 11.3 Å². The Labute approximate surface area is 163 Å². The molecule has 1 aromatic heterocycles. The maximum Gasteiger partial charge on any atom is 0.251 e. The van der Waals surface area contributed by atoms with Crippen LogP contribution in [0.15, 0.2) is 0 Å². The van der Waals surface area contributed by atoms with Crippen LogP contribution in [-0.4, -0.2) is 48.3 Å². The molecule has 0 aromatic carbocycles. The van der Waals surface area contributed by atoms with Gasteiger partial charge in [-0.3, -0.25) is 19.3 Å². The number of likely N-dealkylation sites (tertiary alicyclic amines) is 1. The molecule has 27 heavy (non-hydrogen) atoms. The van der Waals surface area contributed by atoms with Gasteiger partial charge < -0.3 is 16.4 Å². The molecule has 3 rings (SSSR count). The number of primary amides is 1. The van der Waals surface area contributed by atoms with E-state index in [4.69, 9.17) is 5.73 Å². The lowest BCUT2D eigenvalue weighted by Crippen LogP contribution is -2.44. The molecule has 4 N–H and O–H groups in total. The molecule has 1 aliphatic carbocycles. The fraction of sp³-hybridized carbons (Fsp3) is 0.632. The number of nitrogens with zero attached hydrogens (tertiary/aromatic N) is 1. The second-order valence-corrected chi connectivity index (χ2v) is 8.79. The number of anilines is 1. The van der Waals surface area contributed by atoms with Crippen LogP contribution in [0.4, 0.5) is 5.00 Å². The summed E-state index contributed by atoms with van der Waals surface area (Å²) < 4.78 is 0. The Balaban J connectivity index is 1.53. The van der Waals surface area contributed by atoms with Gasteiger partial charge in [-0.15, -0.1) is 11.3 Å². The molecule has 2 aliphatic rings. The highest BCUT2D eigenvalue weighted by Gasteiger charge is 2.28. The Morgan fingerprint density at radius 2 is 1.93 bits per heavy atom. The minimum atomic E-state index is -0.471. The number of nitrogens with two attached hydrogens (primary N) is 1. The minimum absolute atomic E-state index is 0.0217. The summed E-state index contributed by atoms with van der Waals surface area (Å²) in [6.45, 7) is 5.61. The number of carbonyl (C=O) groups excluding carboxylic acids is 3. The minimum Gasteiger partial charge on any atom is -0.365 e. The van der Waals surface area contributed by atoms with Gasteiger partial charge in [-0.05, 0) is 64.6 Å². The Bertz CT molecular complexity index is 736. The number of piperidine rings is 1. The van der Waals surface area contributed by atoms with Gasteiger partial charge in [0.1, 0.15) is 5.00 Å². The summed E-state index contributed by atoms with van der Waals surface area (Å²) in [6, 6.07) is 0.146.